The highest BCUT2D eigenvalue weighted by Crippen LogP contribution is 2.29. The van der Waals surface area contributed by atoms with Crippen molar-refractivity contribution >= 4 is 17.6 Å². The topological polar surface area (TPSA) is 76.1 Å². The fourth-order valence-electron chi connectivity index (χ4n) is 2.30. The molecular weight excluding hydrogens is 274 g/mol. The molecule has 0 unspecified atom stereocenters. The van der Waals surface area contributed by atoms with Crippen molar-refractivity contribution in [2.75, 3.05) is 38.4 Å². The molecule has 1 aliphatic heterocycles. The van der Waals surface area contributed by atoms with Crippen LogP contribution in [0.15, 0.2) is 18.2 Å². The van der Waals surface area contributed by atoms with Crippen LogP contribution in [-0.4, -0.2) is 50.5 Å². The maximum Gasteiger partial charge on any atom is 0.335 e. The second-order valence-electron chi connectivity index (χ2n) is 4.83. The molecule has 1 aromatic carbocycles. The van der Waals surface area contributed by atoms with E-state index in [1.807, 2.05) is 0 Å². The maximum atomic E-state index is 12.0. The lowest BCUT2D eigenvalue weighted by molar-refractivity contribution is -0.117. The molecule has 1 aliphatic rings. The van der Waals surface area contributed by atoms with Crippen LogP contribution < -0.4 is 4.90 Å². The molecule has 1 heterocycles. The summed E-state index contributed by atoms with van der Waals surface area (Å²) < 4.78 is 10.4. The predicted molar refractivity (Wildman–Crippen MR) is 76.8 cm³/mol. The van der Waals surface area contributed by atoms with Gasteiger partial charge in [-0.2, -0.15) is 0 Å². The van der Waals surface area contributed by atoms with E-state index in [1.54, 1.807) is 24.1 Å². The Morgan fingerprint density at radius 1 is 1.33 bits per heavy atom. The molecule has 0 atom stereocenters. The summed E-state index contributed by atoms with van der Waals surface area (Å²) in [5.74, 6) is -1.01. The minimum atomic E-state index is -0.993. The predicted octanol–water partition coefficient (Wildman–Crippen LogP) is 1.33. The average Bonchev–Trinajstić information content (AvgIpc) is 2.77. The molecule has 6 heteroatoms. The van der Waals surface area contributed by atoms with Gasteiger partial charge in [0.25, 0.3) is 0 Å². The van der Waals surface area contributed by atoms with Gasteiger partial charge in [0.2, 0.25) is 5.91 Å². The summed E-state index contributed by atoms with van der Waals surface area (Å²) in [4.78, 5) is 24.6. The van der Waals surface area contributed by atoms with Crippen molar-refractivity contribution < 1.29 is 24.2 Å². The molecule has 1 aromatic rings. The molecule has 0 fully saturated rings. The Labute approximate surface area is 123 Å². The Bertz CT molecular complexity index is 529. The summed E-state index contributed by atoms with van der Waals surface area (Å²) in [7, 11) is 1.64. The maximum absolute atomic E-state index is 12.0. The van der Waals surface area contributed by atoms with Gasteiger partial charge in [-0.25, -0.2) is 4.79 Å². The van der Waals surface area contributed by atoms with Crippen molar-refractivity contribution in [3.05, 3.63) is 29.3 Å². The van der Waals surface area contributed by atoms with Crippen LogP contribution in [0.1, 0.15) is 22.3 Å². The molecule has 0 saturated heterocycles. The van der Waals surface area contributed by atoms with Gasteiger partial charge in [0, 0.05) is 32.6 Å². The first-order valence-electron chi connectivity index (χ1n) is 6.86. The van der Waals surface area contributed by atoms with Crippen molar-refractivity contribution in [2.24, 2.45) is 0 Å². The minimum absolute atomic E-state index is 0.0203. The van der Waals surface area contributed by atoms with Crippen molar-refractivity contribution in [1.29, 1.82) is 0 Å². The largest absolute Gasteiger partial charge is 0.478 e. The molecule has 114 valence electrons. The molecule has 0 radical (unpaired) electrons. The Morgan fingerprint density at radius 3 is 2.86 bits per heavy atom. The summed E-state index contributed by atoms with van der Waals surface area (Å²) in [5, 5.41) is 9.02. The van der Waals surface area contributed by atoms with Crippen molar-refractivity contribution in [3.63, 3.8) is 0 Å². The quantitative estimate of drug-likeness (QED) is 0.732. The molecule has 21 heavy (non-hydrogen) atoms. The first-order valence-corrected chi connectivity index (χ1v) is 6.86. The van der Waals surface area contributed by atoms with E-state index in [0.717, 1.165) is 12.0 Å². The first kappa shape index (κ1) is 15.5. The van der Waals surface area contributed by atoms with Gasteiger partial charge in [0.15, 0.2) is 0 Å². The van der Waals surface area contributed by atoms with Crippen molar-refractivity contribution in [2.45, 2.75) is 12.8 Å². The number of amides is 1. The van der Waals surface area contributed by atoms with Gasteiger partial charge in [0.05, 0.1) is 18.6 Å². The Balaban J connectivity index is 1.94. The molecule has 1 N–H and O–H groups in total. The van der Waals surface area contributed by atoms with Gasteiger partial charge in [0.1, 0.15) is 0 Å². The molecule has 0 aliphatic carbocycles. The van der Waals surface area contributed by atoms with Gasteiger partial charge < -0.3 is 19.5 Å². The number of rotatable bonds is 8. The molecule has 0 saturated carbocycles. The highest BCUT2D eigenvalue weighted by Gasteiger charge is 2.27. The third-order valence-electron chi connectivity index (χ3n) is 3.36. The molecular formula is C15H19NO5. The summed E-state index contributed by atoms with van der Waals surface area (Å²) in [6.45, 7) is 2.08. The zero-order valence-corrected chi connectivity index (χ0v) is 12.0. The van der Waals surface area contributed by atoms with Gasteiger partial charge in [-0.3, -0.25) is 4.79 Å². The Morgan fingerprint density at radius 2 is 2.14 bits per heavy atom. The number of hydrogen-bond donors (Lipinski definition) is 1. The number of methoxy groups -OCH3 is 1. The van der Waals surface area contributed by atoms with Crippen LogP contribution in [0.4, 0.5) is 5.69 Å². The van der Waals surface area contributed by atoms with Crippen LogP contribution in [0.3, 0.4) is 0 Å². The van der Waals surface area contributed by atoms with Crippen molar-refractivity contribution in [1.82, 2.24) is 0 Å². The van der Waals surface area contributed by atoms with E-state index in [1.165, 1.54) is 6.07 Å². The molecule has 1 amide bonds. The van der Waals surface area contributed by atoms with Crippen LogP contribution >= 0.6 is 0 Å². The number of aromatic carboxylic acids is 1. The van der Waals surface area contributed by atoms with Gasteiger partial charge in [-0.05, 0) is 24.1 Å². The molecule has 0 bridgehead atoms. The number of carbonyl (C=O) groups is 2. The molecule has 0 aromatic heterocycles. The number of fused-ring (bicyclic) bond motifs is 1. The summed E-state index contributed by atoms with van der Waals surface area (Å²) in [6, 6.07) is 4.78. The number of hydrogen-bond acceptors (Lipinski definition) is 4. The third-order valence-corrected chi connectivity index (χ3v) is 3.36. The smallest absolute Gasteiger partial charge is 0.335 e. The zero-order valence-electron chi connectivity index (χ0n) is 12.0. The summed E-state index contributed by atoms with van der Waals surface area (Å²) in [6.07, 6.45) is 1.13. The van der Waals surface area contributed by atoms with E-state index < -0.39 is 5.97 Å². The highest BCUT2D eigenvalue weighted by molar-refractivity contribution is 6.03. The molecule has 0 spiro atoms. The Kier molecular flexibility index (Phi) is 5.30. The number of ether oxygens (including phenoxy) is 2. The van der Waals surface area contributed by atoms with Gasteiger partial charge in [-0.1, -0.05) is 6.07 Å². The Hall–Kier alpha value is -1.92. The average molecular weight is 293 g/mol. The first-order chi connectivity index (χ1) is 10.1. The van der Waals surface area contributed by atoms with E-state index in [2.05, 4.69) is 0 Å². The lowest BCUT2D eigenvalue weighted by Crippen LogP contribution is -2.30. The SMILES string of the molecule is COCCCOCCN1C(=O)Cc2ccc(C(=O)O)cc21. The second kappa shape index (κ2) is 7.19. The normalized spacial score (nSPS) is 13.6. The van der Waals surface area contributed by atoms with E-state index in [9.17, 15) is 9.59 Å². The van der Waals surface area contributed by atoms with Crippen LogP contribution in [0.5, 0.6) is 0 Å². The number of nitrogens with zero attached hydrogens (tertiary/aromatic N) is 1. The fourth-order valence-corrected chi connectivity index (χ4v) is 2.30. The lowest BCUT2D eigenvalue weighted by Gasteiger charge is -2.17. The number of carbonyl (C=O) groups excluding carboxylic acids is 1. The van der Waals surface area contributed by atoms with Gasteiger partial charge >= 0.3 is 5.97 Å². The van der Waals surface area contributed by atoms with Crippen LogP contribution in [0.25, 0.3) is 0 Å². The number of carboxylic acid groups (broad SMARTS) is 1. The van der Waals surface area contributed by atoms with E-state index in [4.69, 9.17) is 14.6 Å². The molecule has 6 nitrogen and oxygen atoms in total. The van der Waals surface area contributed by atoms with Crippen LogP contribution in [0.2, 0.25) is 0 Å². The zero-order chi connectivity index (χ0) is 15.2. The summed E-state index contributed by atoms with van der Waals surface area (Å²) >= 11 is 0. The van der Waals surface area contributed by atoms with E-state index in [0.29, 0.717) is 38.5 Å². The van der Waals surface area contributed by atoms with E-state index >= 15 is 0 Å². The molecule has 2 rings (SSSR count). The van der Waals surface area contributed by atoms with E-state index in [-0.39, 0.29) is 11.5 Å². The van der Waals surface area contributed by atoms with Crippen LogP contribution in [-0.2, 0) is 20.7 Å². The number of anilines is 1. The second-order valence-corrected chi connectivity index (χ2v) is 4.83. The fraction of sp³-hybridized carbons (Fsp3) is 0.467. The third kappa shape index (κ3) is 3.80. The lowest BCUT2D eigenvalue weighted by atomic mass is 10.1. The summed E-state index contributed by atoms with van der Waals surface area (Å²) in [5.41, 5.74) is 1.74. The number of carboxylic acids is 1. The van der Waals surface area contributed by atoms with Crippen LogP contribution in [0, 0.1) is 0 Å². The number of benzene rings is 1. The van der Waals surface area contributed by atoms with Crippen molar-refractivity contribution in [3.8, 4) is 0 Å². The minimum Gasteiger partial charge on any atom is -0.478 e. The standard InChI is InChI=1S/C15H19NO5/c1-20-6-2-7-21-8-5-16-13-9-12(15(18)19)4-3-11(13)10-14(16)17/h3-4,9H,2,5-8,10H2,1H3,(H,18,19). The highest BCUT2D eigenvalue weighted by atomic mass is 16.5. The monoisotopic (exact) mass is 293 g/mol. The van der Waals surface area contributed by atoms with Gasteiger partial charge in [-0.15, -0.1) is 0 Å².